The molecule has 0 aromatic heterocycles. The Labute approximate surface area is 110 Å². The topological polar surface area (TPSA) is 40.5 Å². The Balaban J connectivity index is 2.19. The van der Waals surface area contributed by atoms with Gasteiger partial charge in [0.25, 0.3) is 0 Å². The van der Waals surface area contributed by atoms with E-state index in [1.807, 2.05) is 30.3 Å². The van der Waals surface area contributed by atoms with Gasteiger partial charge in [-0.1, -0.05) is 51.1 Å². The lowest BCUT2D eigenvalue weighted by molar-refractivity contribution is -0.128. The van der Waals surface area contributed by atoms with Crippen molar-refractivity contribution in [1.82, 2.24) is 0 Å². The van der Waals surface area contributed by atoms with Gasteiger partial charge in [-0.25, -0.2) is 0 Å². The molecule has 100 valence electrons. The van der Waals surface area contributed by atoms with Crippen molar-refractivity contribution in [2.75, 3.05) is 0 Å². The van der Waals surface area contributed by atoms with Gasteiger partial charge in [-0.15, -0.1) is 0 Å². The molecule has 0 bridgehead atoms. The summed E-state index contributed by atoms with van der Waals surface area (Å²) < 4.78 is 0. The summed E-state index contributed by atoms with van der Waals surface area (Å²) in [6.07, 6.45) is 1.61. The Morgan fingerprint density at radius 2 is 1.78 bits per heavy atom. The predicted molar refractivity (Wildman–Crippen MR) is 73.1 cm³/mol. The van der Waals surface area contributed by atoms with Gasteiger partial charge < -0.3 is 10.2 Å². The highest BCUT2D eigenvalue weighted by Gasteiger charge is 2.44. The maximum absolute atomic E-state index is 10.7. The highest BCUT2D eigenvalue weighted by molar-refractivity contribution is 5.24. The van der Waals surface area contributed by atoms with Gasteiger partial charge in [0.2, 0.25) is 0 Å². The van der Waals surface area contributed by atoms with Crippen LogP contribution in [-0.4, -0.2) is 16.3 Å². The van der Waals surface area contributed by atoms with Crippen LogP contribution in [0.1, 0.15) is 45.6 Å². The van der Waals surface area contributed by atoms with Crippen molar-refractivity contribution in [2.24, 2.45) is 11.3 Å². The van der Waals surface area contributed by atoms with Gasteiger partial charge in [0.05, 0.1) is 6.10 Å². The Bertz CT molecular complexity index is 393. The zero-order valence-electron chi connectivity index (χ0n) is 11.6. The molecular formula is C16H24O2. The molecule has 1 aliphatic rings. The Hall–Kier alpha value is -0.860. The van der Waals surface area contributed by atoms with Gasteiger partial charge in [0.15, 0.2) is 0 Å². The second-order valence-corrected chi connectivity index (χ2v) is 6.64. The van der Waals surface area contributed by atoms with Crippen LogP contribution in [0.4, 0.5) is 0 Å². The molecular weight excluding hydrogens is 224 g/mol. The highest BCUT2D eigenvalue weighted by Crippen LogP contribution is 2.45. The molecule has 1 fully saturated rings. The number of aliphatic hydroxyl groups excluding tert-OH is 1. The van der Waals surface area contributed by atoms with Crippen molar-refractivity contribution in [3.63, 3.8) is 0 Å². The van der Waals surface area contributed by atoms with Crippen LogP contribution in [0.5, 0.6) is 0 Å². The number of benzene rings is 1. The van der Waals surface area contributed by atoms with Crippen molar-refractivity contribution < 1.29 is 10.2 Å². The molecule has 0 spiro atoms. The first kappa shape index (κ1) is 13.6. The van der Waals surface area contributed by atoms with E-state index in [9.17, 15) is 10.2 Å². The van der Waals surface area contributed by atoms with Gasteiger partial charge >= 0.3 is 0 Å². The van der Waals surface area contributed by atoms with E-state index in [1.165, 1.54) is 0 Å². The average Bonchev–Trinajstić information content (AvgIpc) is 2.32. The van der Waals surface area contributed by atoms with Gasteiger partial charge in [-0.3, -0.25) is 0 Å². The standard InChI is InChI=1S/C16H24O2/c1-15(2,3)13-9-10-16(18,14(17)11-13)12-7-5-4-6-8-12/h4-8,13-14,17-18H,9-11H2,1-3H3/t13-,14-,16-/m0/s1. The lowest BCUT2D eigenvalue weighted by atomic mass is 9.65. The van der Waals surface area contributed by atoms with Gasteiger partial charge in [-0.2, -0.15) is 0 Å². The maximum atomic E-state index is 10.7. The van der Waals surface area contributed by atoms with Gasteiger partial charge in [-0.05, 0) is 36.2 Å². The number of hydrogen-bond acceptors (Lipinski definition) is 2. The Morgan fingerprint density at radius 1 is 1.17 bits per heavy atom. The van der Waals surface area contributed by atoms with Crippen molar-refractivity contribution >= 4 is 0 Å². The van der Waals surface area contributed by atoms with E-state index in [4.69, 9.17) is 0 Å². The fourth-order valence-electron chi connectivity index (χ4n) is 2.99. The summed E-state index contributed by atoms with van der Waals surface area (Å²) >= 11 is 0. The van der Waals surface area contributed by atoms with E-state index in [2.05, 4.69) is 20.8 Å². The summed E-state index contributed by atoms with van der Waals surface area (Å²) in [5.74, 6) is 0.469. The third kappa shape index (κ3) is 2.45. The fourth-order valence-corrected chi connectivity index (χ4v) is 2.99. The molecule has 0 saturated heterocycles. The summed E-state index contributed by atoms with van der Waals surface area (Å²) in [6, 6.07) is 9.56. The maximum Gasteiger partial charge on any atom is 0.115 e. The molecule has 0 amide bonds. The Kier molecular flexibility index (Phi) is 3.52. The quantitative estimate of drug-likeness (QED) is 0.802. The van der Waals surface area contributed by atoms with Crippen LogP contribution in [-0.2, 0) is 5.60 Å². The van der Waals surface area contributed by atoms with Crippen LogP contribution in [0.3, 0.4) is 0 Å². The SMILES string of the molecule is CC(C)(C)[C@H]1CC[C@](O)(c2ccccc2)[C@@H](O)C1. The minimum absolute atomic E-state index is 0.193. The largest absolute Gasteiger partial charge is 0.390 e. The van der Waals surface area contributed by atoms with Gasteiger partial charge in [0.1, 0.15) is 5.60 Å². The summed E-state index contributed by atoms with van der Waals surface area (Å²) in [7, 11) is 0. The lowest BCUT2D eigenvalue weighted by Crippen LogP contribution is -2.46. The monoisotopic (exact) mass is 248 g/mol. The molecule has 2 heteroatoms. The molecule has 0 unspecified atom stereocenters. The molecule has 0 radical (unpaired) electrons. The molecule has 0 aliphatic heterocycles. The molecule has 2 N–H and O–H groups in total. The van der Waals surface area contributed by atoms with E-state index < -0.39 is 11.7 Å². The van der Waals surface area contributed by atoms with Crippen molar-refractivity contribution in [1.29, 1.82) is 0 Å². The minimum atomic E-state index is -1.07. The first-order valence-electron chi connectivity index (χ1n) is 6.80. The lowest BCUT2D eigenvalue weighted by Gasteiger charge is -2.44. The predicted octanol–water partition coefficient (Wildman–Crippen LogP) is 3.08. The third-order valence-electron chi connectivity index (χ3n) is 4.43. The molecule has 18 heavy (non-hydrogen) atoms. The number of hydrogen-bond donors (Lipinski definition) is 2. The first-order valence-corrected chi connectivity index (χ1v) is 6.80. The summed E-state index contributed by atoms with van der Waals surface area (Å²) in [4.78, 5) is 0. The second kappa shape index (κ2) is 4.67. The number of aliphatic hydroxyl groups is 2. The zero-order chi connectivity index (χ0) is 13.4. The van der Waals surface area contributed by atoms with Crippen LogP contribution in [0.2, 0.25) is 0 Å². The Morgan fingerprint density at radius 3 is 2.28 bits per heavy atom. The second-order valence-electron chi connectivity index (χ2n) is 6.64. The smallest absolute Gasteiger partial charge is 0.115 e. The van der Waals surface area contributed by atoms with Crippen LogP contribution in [0.15, 0.2) is 30.3 Å². The van der Waals surface area contributed by atoms with Crippen molar-refractivity contribution in [3.8, 4) is 0 Å². The van der Waals surface area contributed by atoms with E-state index in [0.29, 0.717) is 18.8 Å². The molecule has 2 nitrogen and oxygen atoms in total. The van der Waals surface area contributed by atoms with Crippen LogP contribution < -0.4 is 0 Å². The summed E-state index contributed by atoms with van der Waals surface area (Å²) in [5, 5.41) is 21.1. The molecule has 0 heterocycles. The van der Waals surface area contributed by atoms with Crippen molar-refractivity contribution in [2.45, 2.75) is 51.7 Å². The minimum Gasteiger partial charge on any atom is -0.390 e. The highest BCUT2D eigenvalue weighted by atomic mass is 16.3. The molecule has 2 rings (SSSR count). The van der Waals surface area contributed by atoms with E-state index in [-0.39, 0.29) is 5.41 Å². The van der Waals surface area contributed by atoms with E-state index >= 15 is 0 Å². The third-order valence-corrected chi connectivity index (χ3v) is 4.43. The average molecular weight is 248 g/mol. The summed E-state index contributed by atoms with van der Waals surface area (Å²) in [6.45, 7) is 6.62. The zero-order valence-corrected chi connectivity index (χ0v) is 11.6. The fraction of sp³-hybridized carbons (Fsp3) is 0.625. The normalized spacial score (nSPS) is 33.4. The molecule has 1 aromatic carbocycles. The van der Waals surface area contributed by atoms with Gasteiger partial charge in [0, 0.05) is 0 Å². The molecule has 1 aliphatic carbocycles. The van der Waals surface area contributed by atoms with E-state index in [0.717, 1.165) is 12.0 Å². The molecule has 1 aromatic rings. The summed E-state index contributed by atoms with van der Waals surface area (Å²) in [5.41, 5.74) is -0.0352. The van der Waals surface area contributed by atoms with Crippen molar-refractivity contribution in [3.05, 3.63) is 35.9 Å². The van der Waals surface area contributed by atoms with Crippen LogP contribution in [0, 0.1) is 11.3 Å². The molecule has 1 saturated carbocycles. The molecule has 3 atom stereocenters. The van der Waals surface area contributed by atoms with Crippen LogP contribution >= 0.6 is 0 Å². The first-order chi connectivity index (χ1) is 8.34. The van der Waals surface area contributed by atoms with Crippen LogP contribution in [0.25, 0.3) is 0 Å². The van der Waals surface area contributed by atoms with E-state index in [1.54, 1.807) is 0 Å². The number of rotatable bonds is 1.